The van der Waals surface area contributed by atoms with Crippen molar-refractivity contribution in [2.75, 3.05) is 19.7 Å². The Hall–Kier alpha value is -2.04. The Labute approximate surface area is 488 Å². The Balaban J connectivity index is 2.26. The molecule has 0 spiro atoms. The van der Waals surface area contributed by atoms with Gasteiger partial charge in [-0.2, -0.15) is 0 Å². The summed E-state index contributed by atoms with van der Waals surface area (Å²) in [6.45, 7) is 8.83. The van der Waals surface area contributed by atoms with Crippen LogP contribution in [0.3, 0.4) is 0 Å². The van der Waals surface area contributed by atoms with Crippen LogP contribution in [-0.2, 0) is 0 Å². The Morgan fingerprint density at radius 3 is 0.756 bits per heavy atom. The van der Waals surface area contributed by atoms with Crippen LogP contribution in [0.25, 0.3) is 0 Å². The molecule has 0 fully saturated rings. The third kappa shape index (κ3) is 52.1. The maximum absolute atomic E-state index is 13.5. The summed E-state index contributed by atoms with van der Waals surface area (Å²) in [5, 5.41) is 6.34. The summed E-state index contributed by atoms with van der Waals surface area (Å²) in [7, 11) is 0. The normalized spacial score (nSPS) is 11.5. The van der Waals surface area contributed by atoms with Gasteiger partial charge in [0, 0.05) is 18.7 Å². The van der Waals surface area contributed by atoms with Gasteiger partial charge in [-0.05, 0) is 37.5 Å². The molecule has 78 heavy (non-hydrogen) atoms. The van der Waals surface area contributed by atoms with E-state index in [4.69, 9.17) is 4.74 Å². The number of ether oxygens (including phenoxy) is 1. The molecule has 1 aromatic carbocycles. The van der Waals surface area contributed by atoms with Crippen LogP contribution >= 0.6 is 0 Å². The quantitative estimate of drug-likeness (QED) is 0.0639. The minimum Gasteiger partial charge on any atom is -0.493 e. The molecule has 1 rings (SSSR count). The molecule has 5 nitrogen and oxygen atoms in total. The third-order valence-electron chi connectivity index (χ3n) is 17.1. The number of unbranched alkanes of at least 4 members (excludes halogenated alkanes) is 56. The zero-order chi connectivity index (χ0) is 56.0. The highest BCUT2D eigenvalue weighted by Crippen LogP contribution is 2.23. The minimum absolute atomic E-state index is 0.0726. The lowest BCUT2D eigenvalue weighted by Crippen LogP contribution is -2.26. The summed E-state index contributed by atoms with van der Waals surface area (Å²) in [6, 6.07) is 5.43. The van der Waals surface area contributed by atoms with E-state index in [2.05, 4.69) is 31.4 Å². The molecule has 0 aliphatic heterocycles. The molecule has 0 saturated carbocycles. The zero-order valence-corrected chi connectivity index (χ0v) is 53.3. The molecule has 0 aliphatic carbocycles. The molecule has 0 heterocycles. The molecule has 0 radical (unpaired) electrons. The highest BCUT2D eigenvalue weighted by Gasteiger charge is 2.16. The summed E-state index contributed by atoms with van der Waals surface area (Å²) in [5.74, 6) is 0.380. The van der Waals surface area contributed by atoms with Gasteiger partial charge in [0.05, 0.1) is 12.2 Å². The highest BCUT2D eigenvalue weighted by molar-refractivity contribution is 6.00. The lowest BCUT2D eigenvalue weighted by molar-refractivity contribution is 0.0937. The van der Waals surface area contributed by atoms with E-state index >= 15 is 0 Å². The second-order valence-electron chi connectivity index (χ2n) is 24.9. The van der Waals surface area contributed by atoms with Crippen molar-refractivity contribution in [3.05, 3.63) is 29.3 Å². The van der Waals surface area contributed by atoms with Crippen LogP contribution in [0.5, 0.6) is 5.75 Å². The number of carbonyl (C=O) groups is 2. The maximum atomic E-state index is 13.5. The standard InChI is InChI=1S/C73H138N2O3/c1-4-7-10-13-16-19-22-25-27-29-31-33-35-37-39-41-43-45-48-51-54-57-60-65-74-72(76)69-63-64-70(71(68-69)78-67-62-59-56-53-50-47-24-21-18-15-12-9-6-3)73(77)75-66-61-58-55-52-49-46-44-42-40-38-36-34-32-30-28-26-23-20-17-14-11-8-5-2/h63-64,68H,4-62,65-67H2,1-3H3,(H,74,76)(H,75,77). The van der Waals surface area contributed by atoms with Crippen LogP contribution in [0.2, 0.25) is 0 Å². The predicted molar refractivity (Wildman–Crippen MR) is 346 cm³/mol. The van der Waals surface area contributed by atoms with Gasteiger partial charge in [-0.3, -0.25) is 9.59 Å². The van der Waals surface area contributed by atoms with E-state index in [1.54, 1.807) is 0 Å². The van der Waals surface area contributed by atoms with E-state index < -0.39 is 0 Å². The summed E-state index contributed by atoms with van der Waals surface area (Å²) in [6.07, 6.45) is 80.6. The molecule has 0 atom stereocenters. The topological polar surface area (TPSA) is 67.4 Å². The summed E-state index contributed by atoms with van der Waals surface area (Å²) < 4.78 is 6.32. The van der Waals surface area contributed by atoms with Crippen LogP contribution in [0.4, 0.5) is 0 Å². The minimum atomic E-state index is -0.0915. The van der Waals surface area contributed by atoms with Gasteiger partial charge in [0.15, 0.2) is 0 Å². The molecule has 0 unspecified atom stereocenters. The number of rotatable bonds is 65. The van der Waals surface area contributed by atoms with Gasteiger partial charge in [0.1, 0.15) is 5.75 Å². The van der Waals surface area contributed by atoms with Crippen LogP contribution in [0, 0.1) is 0 Å². The average Bonchev–Trinajstić information content (AvgIpc) is 3.46. The number of amides is 2. The largest absolute Gasteiger partial charge is 0.493 e. The van der Waals surface area contributed by atoms with Gasteiger partial charge in [0.25, 0.3) is 11.8 Å². The van der Waals surface area contributed by atoms with Crippen molar-refractivity contribution < 1.29 is 14.3 Å². The van der Waals surface area contributed by atoms with Crippen LogP contribution < -0.4 is 15.4 Å². The number of nitrogens with one attached hydrogen (secondary N) is 2. The van der Waals surface area contributed by atoms with E-state index in [9.17, 15) is 9.59 Å². The Kier molecular flexibility index (Phi) is 59.3. The first-order valence-corrected chi connectivity index (χ1v) is 36.0. The number of hydrogen-bond acceptors (Lipinski definition) is 3. The van der Waals surface area contributed by atoms with E-state index in [1.165, 1.54) is 340 Å². The first kappa shape index (κ1) is 74.0. The Bertz CT molecular complexity index is 1360. The molecule has 0 bridgehead atoms. The Morgan fingerprint density at radius 1 is 0.282 bits per heavy atom. The molecule has 458 valence electrons. The molecule has 1 aromatic rings. The third-order valence-corrected chi connectivity index (χ3v) is 17.1. The molecule has 0 saturated heterocycles. The van der Waals surface area contributed by atoms with Crippen molar-refractivity contribution in [3.8, 4) is 5.75 Å². The second kappa shape index (κ2) is 62.6. The van der Waals surface area contributed by atoms with Gasteiger partial charge >= 0.3 is 0 Å². The molecule has 0 aromatic heterocycles. The fourth-order valence-electron chi connectivity index (χ4n) is 11.7. The molecule has 2 N–H and O–H groups in total. The van der Waals surface area contributed by atoms with Crippen LogP contribution in [-0.4, -0.2) is 31.5 Å². The predicted octanol–water partition coefficient (Wildman–Crippen LogP) is 24.6. The smallest absolute Gasteiger partial charge is 0.255 e. The highest BCUT2D eigenvalue weighted by atomic mass is 16.5. The number of hydrogen-bond donors (Lipinski definition) is 2. The maximum Gasteiger partial charge on any atom is 0.255 e. The zero-order valence-electron chi connectivity index (χ0n) is 53.3. The Morgan fingerprint density at radius 2 is 0.500 bits per heavy atom. The van der Waals surface area contributed by atoms with Crippen molar-refractivity contribution in [2.45, 2.75) is 400 Å². The molecular formula is C73H138N2O3. The first-order valence-electron chi connectivity index (χ1n) is 36.0. The van der Waals surface area contributed by atoms with Crippen LogP contribution in [0.15, 0.2) is 18.2 Å². The van der Waals surface area contributed by atoms with E-state index in [0.717, 1.165) is 38.5 Å². The summed E-state index contributed by atoms with van der Waals surface area (Å²) in [5.41, 5.74) is 1.13. The van der Waals surface area contributed by atoms with Gasteiger partial charge < -0.3 is 15.4 Å². The monoisotopic (exact) mass is 1090 g/mol. The summed E-state index contributed by atoms with van der Waals surface area (Å²) >= 11 is 0. The van der Waals surface area contributed by atoms with Gasteiger partial charge in [-0.15, -0.1) is 0 Å². The molecular weight excluding hydrogens is 953 g/mol. The lowest BCUT2D eigenvalue weighted by atomic mass is 10.0. The van der Waals surface area contributed by atoms with E-state index in [-0.39, 0.29) is 11.8 Å². The van der Waals surface area contributed by atoms with Crippen molar-refractivity contribution in [1.29, 1.82) is 0 Å². The summed E-state index contributed by atoms with van der Waals surface area (Å²) in [4.78, 5) is 26.8. The van der Waals surface area contributed by atoms with Gasteiger partial charge in [-0.1, -0.05) is 380 Å². The number of benzene rings is 1. The first-order chi connectivity index (χ1) is 38.6. The fourth-order valence-corrected chi connectivity index (χ4v) is 11.7. The van der Waals surface area contributed by atoms with Gasteiger partial charge in [0.2, 0.25) is 0 Å². The molecule has 2 amide bonds. The van der Waals surface area contributed by atoms with Crippen LogP contribution in [0.1, 0.15) is 420 Å². The van der Waals surface area contributed by atoms with Crippen molar-refractivity contribution in [3.63, 3.8) is 0 Å². The fraction of sp³-hybridized carbons (Fsp3) is 0.890. The molecule has 0 aliphatic rings. The van der Waals surface area contributed by atoms with Crippen molar-refractivity contribution in [2.24, 2.45) is 0 Å². The second-order valence-corrected chi connectivity index (χ2v) is 24.9. The molecule has 5 heteroatoms. The van der Waals surface area contributed by atoms with E-state index in [0.29, 0.717) is 36.6 Å². The number of carbonyl (C=O) groups excluding carboxylic acids is 2. The van der Waals surface area contributed by atoms with Crippen molar-refractivity contribution in [1.82, 2.24) is 10.6 Å². The average molecular weight is 1090 g/mol. The SMILES string of the molecule is CCCCCCCCCCCCCCCCCCCCCCCCCNC(=O)c1ccc(C(=O)NCCCCCCCCCCCCCCCCCCCCCCCCC)c(OCCCCCCCCCCCCCCC)c1. The van der Waals surface area contributed by atoms with Crippen molar-refractivity contribution >= 4 is 11.8 Å². The van der Waals surface area contributed by atoms with E-state index in [1.807, 2.05) is 18.2 Å². The van der Waals surface area contributed by atoms with Gasteiger partial charge in [-0.25, -0.2) is 0 Å². The lowest BCUT2D eigenvalue weighted by Gasteiger charge is -2.14.